The molecule has 1 nitrogen and oxygen atoms in total. The first-order valence-corrected chi connectivity index (χ1v) is 2.66. The van der Waals surface area contributed by atoms with Crippen molar-refractivity contribution in [2.75, 3.05) is 0 Å². The van der Waals surface area contributed by atoms with Crippen LogP contribution >= 0.6 is 11.6 Å². The van der Waals surface area contributed by atoms with Gasteiger partial charge in [-0.2, -0.15) is 4.39 Å². The Kier molecular flexibility index (Phi) is 3.17. The molecule has 0 N–H and O–H groups in total. The summed E-state index contributed by atoms with van der Waals surface area (Å²) < 4.78 is 11.8. The average Bonchev–Trinajstić information content (AvgIpc) is 1.63. The van der Waals surface area contributed by atoms with Gasteiger partial charge < -0.3 is 0 Å². The van der Waals surface area contributed by atoms with Gasteiger partial charge in [0.2, 0.25) is 5.95 Å². The van der Waals surface area contributed by atoms with Crippen molar-refractivity contribution in [3.8, 4) is 0 Å². The quantitative estimate of drug-likeness (QED) is 0.421. The molecule has 0 aromatic carbocycles. The second-order valence-electron chi connectivity index (χ2n) is 1.56. The summed E-state index contributed by atoms with van der Waals surface area (Å²) in [6.07, 6.45) is 0. The molecule has 0 fully saturated rings. The number of halogens is 2. The maximum Gasteiger partial charge on any atom is 0.206 e. The van der Waals surface area contributed by atoms with Crippen LogP contribution in [-0.4, -0.2) is 5.17 Å². The van der Waals surface area contributed by atoms with E-state index < -0.39 is 5.95 Å². The van der Waals surface area contributed by atoms with Crippen molar-refractivity contribution in [2.24, 2.45) is 4.99 Å². The third kappa shape index (κ3) is 3.91. The Balaban J connectivity index is 4.17. The second kappa shape index (κ2) is 3.41. The molecule has 50 valence electrons. The van der Waals surface area contributed by atoms with E-state index in [2.05, 4.69) is 18.2 Å². The molecule has 3 heteroatoms. The molecule has 0 aliphatic carbocycles. The fourth-order valence-corrected chi connectivity index (χ4v) is 0.294. The van der Waals surface area contributed by atoms with E-state index in [-0.39, 0.29) is 5.17 Å². The molecule has 0 rings (SSSR count). The van der Waals surface area contributed by atoms with E-state index >= 15 is 0 Å². The molecule has 0 heterocycles. The van der Waals surface area contributed by atoms with Crippen LogP contribution in [0.2, 0.25) is 0 Å². The van der Waals surface area contributed by atoms with Crippen LogP contribution in [0.4, 0.5) is 4.39 Å². The summed E-state index contributed by atoms with van der Waals surface area (Å²) in [5.74, 6) is -0.803. The van der Waals surface area contributed by atoms with Crippen molar-refractivity contribution in [2.45, 2.75) is 6.92 Å². The molecule has 0 unspecified atom stereocenters. The van der Waals surface area contributed by atoms with E-state index in [1.807, 2.05) is 0 Å². The Bertz CT molecular complexity index is 172. The summed E-state index contributed by atoms with van der Waals surface area (Å²) in [7, 11) is 0. The van der Waals surface area contributed by atoms with Gasteiger partial charge in [0.25, 0.3) is 0 Å². The van der Waals surface area contributed by atoms with Crippen LogP contribution in [0.3, 0.4) is 0 Å². The lowest BCUT2D eigenvalue weighted by Crippen LogP contribution is -1.85. The summed E-state index contributed by atoms with van der Waals surface area (Å²) in [5.41, 5.74) is 0.524. The van der Waals surface area contributed by atoms with Crippen LogP contribution in [-0.2, 0) is 0 Å². The minimum Gasteiger partial charge on any atom is -0.208 e. The number of nitrogens with zero attached hydrogens (tertiary/aromatic N) is 1. The van der Waals surface area contributed by atoms with Gasteiger partial charge in [0.1, 0.15) is 5.17 Å². The van der Waals surface area contributed by atoms with Crippen molar-refractivity contribution in [3.63, 3.8) is 0 Å². The molecule has 0 saturated carbocycles. The molecule has 0 amide bonds. The van der Waals surface area contributed by atoms with Crippen molar-refractivity contribution in [1.29, 1.82) is 0 Å². The molecular formula is C6H7ClFN. The van der Waals surface area contributed by atoms with Gasteiger partial charge in [0.05, 0.1) is 0 Å². The van der Waals surface area contributed by atoms with Crippen molar-refractivity contribution in [1.82, 2.24) is 0 Å². The average molecular weight is 148 g/mol. The number of rotatable bonds is 2. The van der Waals surface area contributed by atoms with Crippen LogP contribution < -0.4 is 0 Å². The Morgan fingerprint density at radius 1 is 1.56 bits per heavy atom. The second-order valence-corrected chi connectivity index (χ2v) is 1.92. The summed E-state index contributed by atoms with van der Waals surface area (Å²) in [6.45, 7) is 7.97. The smallest absolute Gasteiger partial charge is 0.206 e. The first kappa shape index (κ1) is 8.37. The van der Waals surface area contributed by atoms with Gasteiger partial charge in [-0.3, -0.25) is 0 Å². The Morgan fingerprint density at radius 3 is 2.11 bits per heavy atom. The van der Waals surface area contributed by atoms with E-state index in [1.54, 1.807) is 6.92 Å². The molecule has 9 heavy (non-hydrogen) atoms. The monoisotopic (exact) mass is 147 g/mol. The van der Waals surface area contributed by atoms with Gasteiger partial charge in [0, 0.05) is 0 Å². The van der Waals surface area contributed by atoms with Crippen molar-refractivity contribution < 1.29 is 4.39 Å². The highest BCUT2D eigenvalue weighted by Gasteiger charge is 1.93. The molecule has 0 aliphatic heterocycles. The number of hydrogen-bond donors (Lipinski definition) is 0. The summed E-state index contributed by atoms with van der Waals surface area (Å²) in [5, 5.41) is 0.0579. The van der Waals surface area contributed by atoms with E-state index in [0.717, 1.165) is 0 Å². The number of aliphatic imine (C=N–C) groups is 1. The van der Waals surface area contributed by atoms with Gasteiger partial charge in [-0.1, -0.05) is 18.2 Å². The first-order chi connectivity index (χ1) is 4.04. The zero-order valence-corrected chi connectivity index (χ0v) is 5.87. The van der Waals surface area contributed by atoms with Crippen LogP contribution in [0.1, 0.15) is 6.92 Å². The molecular weight excluding hydrogens is 141 g/mol. The molecule has 0 bridgehead atoms. The fraction of sp³-hybridized carbons (Fsp3) is 0.167. The molecule has 0 aliphatic rings. The highest BCUT2D eigenvalue weighted by Crippen LogP contribution is 2.03. The number of hydrogen-bond acceptors (Lipinski definition) is 1. The van der Waals surface area contributed by atoms with Crippen LogP contribution in [0, 0.1) is 0 Å². The van der Waals surface area contributed by atoms with Gasteiger partial charge in [-0.15, -0.1) is 0 Å². The third-order valence-electron chi connectivity index (χ3n) is 0.572. The van der Waals surface area contributed by atoms with Gasteiger partial charge in [-0.25, -0.2) is 4.99 Å². The molecule has 0 aromatic heterocycles. The lowest BCUT2D eigenvalue weighted by Gasteiger charge is -1.90. The Morgan fingerprint density at radius 2 is 2.00 bits per heavy atom. The largest absolute Gasteiger partial charge is 0.208 e. The van der Waals surface area contributed by atoms with Gasteiger partial charge in [-0.05, 0) is 19.1 Å². The SMILES string of the molecule is C=C(F)/N=C(/Cl)C(=C)C. The predicted molar refractivity (Wildman–Crippen MR) is 38.4 cm³/mol. The predicted octanol–water partition coefficient (Wildman–Crippen LogP) is 2.64. The van der Waals surface area contributed by atoms with Crippen molar-refractivity contribution >= 4 is 16.8 Å². The van der Waals surface area contributed by atoms with Crippen molar-refractivity contribution in [3.05, 3.63) is 24.7 Å². The van der Waals surface area contributed by atoms with E-state index in [0.29, 0.717) is 5.57 Å². The summed E-state index contributed by atoms with van der Waals surface area (Å²) in [4.78, 5) is 3.20. The molecule has 0 spiro atoms. The van der Waals surface area contributed by atoms with Crippen LogP contribution in [0.15, 0.2) is 29.7 Å². The summed E-state index contributed by atoms with van der Waals surface area (Å²) in [6, 6.07) is 0. The highest BCUT2D eigenvalue weighted by atomic mass is 35.5. The fourth-order valence-electron chi connectivity index (χ4n) is 0.202. The highest BCUT2D eigenvalue weighted by molar-refractivity contribution is 6.69. The lowest BCUT2D eigenvalue weighted by atomic mass is 10.4. The number of allylic oxidation sites excluding steroid dienone is 1. The molecule has 0 radical (unpaired) electrons. The minimum atomic E-state index is -0.803. The minimum absolute atomic E-state index is 0.0579. The molecule has 0 saturated heterocycles. The van der Waals surface area contributed by atoms with Gasteiger partial charge >= 0.3 is 0 Å². The lowest BCUT2D eigenvalue weighted by molar-refractivity contribution is 0.633. The standard InChI is InChI=1S/C6H7ClFN/c1-4(2)6(7)9-5(3)8/h1,3H2,2H3/b9-6+. The first-order valence-electron chi connectivity index (χ1n) is 2.28. The molecule has 0 atom stereocenters. The van der Waals surface area contributed by atoms with Crippen LogP contribution in [0.5, 0.6) is 0 Å². The summed E-state index contributed by atoms with van der Waals surface area (Å²) >= 11 is 5.36. The zero-order valence-electron chi connectivity index (χ0n) is 5.12. The molecule has 0 aromatic rings. The Labute approximate surface area is 58.5 Å². The van der Waals surface area contributed by atoms with E-state index in [1.165, 1.54) is 0 Å². The third-order valence-corrected chi connectivity index (χ3v) is 0.979. The van der Waals surface area contributed by atoms with E-state index in [4.69, 9.17) is 11.6 Å². The maximum atomic E-state index is 11.8. The zero-order chi connectivity index (χ0) is 7.44. The van der Waals surface area contributed by atoms with E-state index in [9.17, 15) is 4.39 Å². The van der Waals surface area contributed by atoms with Gasteiger partial charge in [0.15, 0.2) is 0 Å². The Hall–Kier alpha value is -0.630. The normalized spacial score (nSPS) is 11.2. The topological polar surface area (TPSA) is 12.4 Å². The van der Waals surface area contributed by atoms with Crippen LogP contribution in [0.25, 0.3) is 0 Å². The maximum absolute atomic E-state index is 11.8.